The lowest BCUT2D eigenvalue weighted by Gasteiger charge is -2.28. The van der Waals surface area contributed by atoms with Gasteiger partial charge in [-0.2, -0.15) is 13.2 Å². The van der Waals surface area contributed by atoms with Crippen molar-refractivity contribution in [3.05, 3.63) is 65.7 Å². The van der Waals surface area contributed by atoms with Crippen LogP contribution >= 0.6 is 7.26 Å². The first-order valence-electron chi connectivity index (χ1n) is 11.5. The first-order chi connectivity index (χ1) is 14.4. The van der Waals surface area contributed by atoms with Crippen LogP contribution in [0.15, 0.2) is 54.6 Å². The van der Waals surface area contributed by atoms with E-state index in [-0.39, 0.29) is 0 Å². The number of benzene rings is 2. The lowest BCUT2D eigenvalue weighted by molar-refractivity contribution is -0.137. The quantitative estimate of drug-likeness (QED) is 0.217. The average Bonchev–Trinajstić information content (AvgIpc) is 2.74. The van der Waals surface area contributed by atoms with Gasteiger partial charge < -0.3 is 0 Å². The van der Waals surface area contributed by atoms with Crippen LogP contribution < -0.4 is 5.30 Å². The molecular weight excluding hydrogens is 400 g/mol. The largest absolute Gasteiger partial charge is 0.416 e. The summed E-state index contributed by atoms with van der Waals surface area (Å²) in [6.07, 6.45) is 8.89. The summed E-state index contributed by atoms with van der Waals surface area (Å²) < 4.78 is 39.0. The van der Waals surface area contributed by atoms with Gasteiger partial charge in [0.15, 0.2) is 0 Å². The van der Waals surface area contributed by atoms with Crippen LogP contribution in [0.25, 0.3) is 0 Å². The lowest BCUT2D eigenvalue weighted by Crippen LogP contribution is -2.20. The molecule has 0 heterocycles. The molecule has 0 saturated carbocycles. The third kappa shape index (κ3) is 7.73. The SMILES string of the molecule is CCCCCC[P+](CCCCCC)(Cc1ccc(C(F)(F)F)cc1)c1ccccc1. The van der Waals surface area contributed by atoms with E-state index in [0.717, 1.165) is 11.7 Å². The number of alkyl halides is 3. The van der Waals surface area contributed by atoms with Crippen molar-refractivity contribution in [3.8, 4) is 0 Å². The van der Waals surface area contributed by atoms with Gasteiger partial charge in [0.1, 0.15) is 0 Å². The fourth-order valence-corrected chi connectivity index (χ4v) is 8.81. The first-order valence-corrected chi connectivity index (χ1v) is 13.8. The van der Waals surface area contributed by atoms with E-state index in [1.165, 1.54) is 81.1 Å². The van der Waals surface area contributed by atoms with E-state index >= 15 is 0 Å². The second-order valence-corrected chi connectivity index (χ2v) is 12.4. The van der Waals surface area contributed by atoms with Gasteiger partial charge in [-0.05, 0) is 55.5 Å². The van der Waals surface area contributed by atoms with Crippen LogP contribution in [0.5, 0.6) is 0 Å². The Hall–Kier alpha value is -1.34. The van der Waals surface area contributed by atoms with Crippen molar-refractivity contribution in [1.29, 1.82) is 0 Å². The molecule has 0 aliphatic heterocycles. The molecule has 0 saturated heterocycles. The molecule has 30 heavy (non-hydrogen) atoms. The zero-order chi connectivity index (χ0) is 21.9. The summed E-state index contributed by atoms with van der Waals surface area (Å²) in [7, 11) is -1.49. The van der Waals surface area contributed by atoms with Crippen LogP contribution in [-0.2, 0) is 12.3 Å². The lowest BCUT2D eigenvalue weighted by atomic mass is 10.1. The molecule has 0 spiro atoms. The molecule has 0 aliphatic rings. The Morgan fingerprint density at radius 1 is 0.667 bits per heavy atom. The molecule has 0 bridgehead atoms. The van der Waals surface area contributed by atoms with Crippen LogP contribution in [-0.4, -0.2) is 12.3 Å². The summed E-state index contributed by atoms with van der Waals surface area (Å²) >= 11 is 0. The summed E-state index contributed by atoms with van der Waals surface area (Å²) in [4.78, 5) is 0. The minimum atomic E-state index is -4.27. The zero-order valence-electron chi connectivity index (χ0n) is 18.6. The molecule has 0 nitrogen and oxygen atoms in total. The van der Waals surface area contributed by atoms with E-state index in [4.69, 9.17) is 0 Å². The van der Waals surface area contributed by atoms with Gasteiger partial charge in [-0.3, -0.25) is 0 Å². The molecule has 0 aliphatic carbocycles. The molecule has 0 radical (unpaired) electrons. The maximum Gasteiger partial charge on any atom is 0.416 e. The average molecular weight is 438 g/mol. The van der Waals surface area contributed by atoms with Crippen molar-refractivity contribution < 1.29 is 13.2 Å². The van der Waals surface area contributed by atoms with E-state index in [9.17, 15) is 13.2 Å². The standard InChI is InChI=1S/C26H37F3P/c1-3-5-7-12-20-30(21-13-8-6-4-2,25-14-10-9-11-15-25)22-23-16-18-24(19-17-23)26(27,28)29/h9-11,14-19H,3-8,12-13,20-22H2,1-2H3/q+1. The van der Waals surface area contributed by atoms with Crippen molar-refractivity contribution >= 4 is 12.6 Å². The Balaban J connectivity index is 2.30. The third-order valence-electron chi connectivity index (χ3n) is 5.95. The summed E-state index contributed by atoms with van der Waals surface area (Å²) in [5, 5.41) is 1.44. The van der Waals surface area contributed by atoms with Gasteiger partial charge in [-0.1, -0.05) is 69.9 Å². The van der Waals surface area contributed by atoms with E-state index in [0.29, 0.717) is 0 Å². The summed E-state index contributed by atoms with van der Waals surface area (Å²) in [6, 6.07) is 16.7. The number of unbranched alkanes of at least 4 members (excludes halogenated alkanes) is 6. The number of halogens is 3. The molecule has 0 aromatic heterocycles. The normalized spacial score (nSPS) is 12.3. The molecule has 2 aromatic carbocycles. The van der Waals surface area contributed by atoms with Gasteiger partial charge >= 0.3 is 6.18 Å². The maximum atomic E-state index is 13.0. The maximum absolute atomic E-state index is 13.0. The Morgan fingerprint density at radius 2 is 1.20 bits per heavy atom. The van der Waals surface area contributed by atoms with Crippen molar-refractivity contribution in [1.82, 2.24) is 0 Å². The van der Waals surface area contributed by atoms with Gasteiger partial charge in [0.2, 0.25) is 0 Å². The van der Waals surface area contributed by atoms with E-state index in [2.05, 4.69) is 44.2 Å². The van der Waals surface area contributed by atoms with Crippen molar-refractivity contribution in [2.75, 3.05) is 12.3 Å². The smallest absolute Gasteiger partial charge is 0.166 e. The Kier molecular flexibility index (Phi) is 10.4. The van der Waals surface area contributed by atoms with Gasteiger partial charge in [0, 0.05) is 0 Å². The van der Waals surface area contributed by atoms with Crippen molar-refractivity contribution in [2.45, 2.75) is 77.6 Å². The third-order valence-corrected chi connectivity index (χ3v) is 10.7. The molecule has 0 fully saturated rings. The minimum absolute atomic E-state index is 0.555. The predicted octanol–water partition coefficient (Wildman–Crippen LogP) is 8.71. The van der Waals surface area contributed by atoms with Gasteiger partial charge in [-0.25, -0.2) is 0 Å². The van der Waals surface area contributed by atoms with E-state index < -0.39 is 19.0 Å². The molecule has 0 amide bonds. The molecule has 0 unspecified atom stereocenters. The molecule has 166 valence electrons. The summed E-state index contributed by atoms with van der Waals surface area (Å²) in [5.41, 5.74) is 0.493. The highest BCUT2D eigenvalue weighted by Gasteiger charge is 2.39. The highest BCUT2D eigenvalue weighted by atomic mass is 31.2. The van der Waals surface area contributed by atoms with Gasteiger partial charge in [-0.15, -0.1) is 0 Å². The highest BCUT2D eigenvalue weighted by molar-refractivity contribution is 7.82. The molecule has 2 aromatic rings. The van der Waals surface area contributed by atoms with Gasteiger partial charge in [0.05, 0.1) is 36.6 Å². The molecule has 0 N–H and O–H groups in total. The number of hydrogen-bond donors (Lipinski definition) is 0. The predicted molar refractivity (Wildman–Crippen MR) is 126 cm³/mol. The Bertz CT molecular complexity index is 695. The van der Waals surface area contributed by atoms with Crippen LogP contribution in [0.2, 0.25) is 0 Å². The fourth-order valence-electron chi connectivity index (χ4n) is 4.19. The molecular formula is C26H37F3P+. The van der Waals surface area contributed by atoms with Crippen LogP contribution in [0.3, 0.4) is 0 Å². The molecule has 2 rings (SSSR count). The van der Waals surface area contributed by atoms with Crippen molar-refractivity contribution in [2.24, 2.45) is 0 Å². The van der Waals surface area contributed by atoms with Crippen molar-refractivity contribution in [3.63, 3.8) is 0 Å². The summed E-state index contributed by atoms with van der Waals surface area (Å²) in [6.45, 7) is 4.46. The second-order valence-electron chi connectivity index (χ2n) is 8.40. The topological polar surface area (TPSA) is 0 Å². The van der Waals surface area contributed by atoms with Gasteiger partial charge in [0.25, 0.3) is 0 Å². The second kappa shape index (κ2) is 12.5. The number of rotatable bonds is 13. The van der Waals surface area contributed by atoms with Crippen LogP contribution in [0, 0.1) is 0 Å². The van der Waals surface area contributed by atoms with E-state index in [1.54, 1.807) is 12.1 Å². The summed E-state index contributed by atoms with van der Waals surface area (Å²) in [5.74, 6) is 0. The Labute approximate surface area is 181 Å². The number of hydrogen-bond acceptors (Lipinski definition) is 0. The highest BCUT2D eigenvalue weighted by Crippen LogP contribution is 2.61. The minimum Gasteiger partial charge on any atom is -0.166 e. The molecule has 0 atom stereocenters. The monoisotopic (exact) mass is 437 g/mol. The molecule has 4 heteroatoms. The fraction of sp³-hybridized carbons (Fsp3) is 0.538. The Morgan fingerprint density at radius 3 is 1.67 bits per heavy atom. The first kappa shape index (κ1) is 24.9. The van der Waals surface area contributed by atoms with Crippen LogP contribution in [0.1, 0.15) is 76.3 Å². The van der Waals surface area contributed by atoms with E-state index in [1.807, 2.05) is 0 Å². The van der Waals surface area contributed by atoms with Crippen LogP contribution in [0.4, 0.5) is 13.2 Å². The zero-order valence-corrected chi connectivity index (χ0v) is 19.4.